The maximum atomic E-state index is 11.8. The van der Waals surface area contributed by atoms with Gasteiger partial charge in [0.1, 0.15) is 5.57 Å². The summed E-state index contributed by atoms with van der Waals surface area (Å²) in [5.41, 5.74) is 0.693. The Balaban J connectivity index is 2.33. The van der Waals surface area contributed by atoms with E-state index >= 15 is 0 Å². The molecule has 5 nitrogen and oxygen atoms in total. The predicted octanol–water partition coefficient (Wildman–Crippen LogP) is 1.50. The van der Waals surface area contributed by atoms with Crippen LogP contribution in [0.25, 0.3) is 6.08 Å². The summed E-state index contributed by atoms with van der Waals surface area (Å²) in [6, 6.07) is 6.73. The van der Waals surface area contributed by atoms with Crippen LogP contribution in [0.15, 0.2) is 34.7 Å². The standard InChI is InChI=1S/C13H12N2O3S/c1-15-12(17)10(11(16)14-13(15)18)7-8-3-5-9(19-2)6-4-8/h3-7H,1-2H3,(H,14,16,18). The predicted molar refractivity (Wildman–Crippen MR) is 72.5 cm³/mol. The second-order valence-electron chi connectivity index (χ2n) is 3.95. The topological polar surface area (TPSA) is 66.5 Å². The molecule has 4 amide bonds. The molecule has 1 fully saturated rings. The van der Waals surface area contributed by atoms with Crippen molar-refractivity contribution in [3.8, 4) is 0 Å². The molecule has 0 saturated carbocycles. The molecule has 6 heteroatoms. The van der Waals surface area contributed by atoms with Crippen LogP contribution in [0.1, 0.15) is 5.56 Å². The lowest BCUT2D eigenvalue weighted by atomic mass is 10.1. The van der Waals surface area contributed by atoms with Crippen molar-refractivity contribution >= 4 is 35.7 Å². The van der Waals surface area contributed by atoms with E-state index in [0.717, 1.165) is 15.4 Å². The second kappa shape index (κ2) is 5.27. The van der Waals surface area contributed by atoms with Crippen LogP contribution in [0.5, 0.6) is 0 Å². The molecule has 0 aliphatic carbocycles. The molecule has 1 N–H and O–H groups in total. The number of likely N-dealkylation sites (N-methyl/N-ethyl adjacent to an activating group) is 1. The van der Waals surface area contributed by atoms with Gasteiger partial charge in [0, 0.05) is 11.9 Å². The molecule has 0 bridgehead atoms. The number of barbiturate groups is 1. The summed E-state index contributed by atoms with van der Waals surface area (Å²) in [6.45, 7) is 0. The Morgan fingerprint density at radius 2 is 1.79 bits per heavy atom. The summed E-state index contributed by atoms with van der Waals surface area (Å²) in [7, 11) is 1.33. The molecule has 0 aromatic heterocycles. The highest BCUT2D eigenvalue weighted by Crippen LogP contribution is 2.18. The number of nitrogens with zero attached hydrogens (tertiary/aromatic N) is 1. The van der Waals surface area contributed by atoms with Crippen molar-refractivity contribution in [2.75, 3.05) is 13.3 Å². The van der Waals surface area contributed by atoms with Crippen molar-refractivity contribution in [2.45, 2.75) is 4.90 Å². The van der Waals surface area contributed by atoms with Crippen molar-refractivity contribution in [1.29, 1.82) is 0 Å². The Kier molecular flexibility index (Phi) is 3.71. The number of benzene rings is 1. The van der Waals surface area contributed by atoms with Gasteiger partial charge in [-0.25, -0.2) is 4.79 Å². The number of amides is 4. The minimum absolute atomic E-state index is 0.0426. The fraction of sp³-hybridized carbons (Fsp3) is 0.154. The van der Waals surface area contributed by atoms with Gasteiger partial charge in [-0.2, -0.15) is 0 Å². The molecule has 1 saturated heterocycles. The molecule has 1 aromatic rings. The summed E-state index contributed by atoms with van der Waals surface area (Å²) in [5.74, 6) is -1.26. The Bertz CT molecular complexity index is 578. The van der Waals surface area contributed by atoms with Crippen LogP contribution in [0, 0.1) is 0 Å². The summed E-state index contributed by atoms with van der Waals surface area (Å²) < 4.78 is 0. The van der Waals surface area contributed by atoms with Crippen LogP contribution >= 0.6 is 11.8 Å². The zero-order valence-corrected chi connectivity index (χ0v) is 11.3. The highest BCUT2D eigenvalue weighted by molar-refractivity contribution is 7.98. The lowest BCUT2D eigenvalue weighted by Gasteiger charge is -2.22. The summed E-state index contributed by atoms with van der Waals surface area (Å²) in [6.07, 6.45) is 3.44. The van der Waals surface area contributed by atoms with Gasteiger partial charge in [-0.1, -0.05) is 12.1 Å². The summed E-state index contributed by atoms with van der Waals surface area (Å²) in [4.78, 5) is 36.7. The molecule has 0 spiro atoms. The number of thioether (sulfide) groups is 1. The van der Waals surface area contributed by atoms with Crippen LogP contribution in [0.2, 0.25) is 0 Å². The largest absolute Gasteiger partial charge is 0.331 e. The highest BCUT2D eigenvalue weighted by Gasteiger charge is 2.32. The van der Waals surface area contributed by atoms with E-state index in [-0.39, 0.29) is 5.57 Å². The van der Waals surface area contributed by atoms with Crippen LogP contribution in [-0.2, 0) is 9.59 Å². The first-order valence-electron chi connectivity index (χ1n) is 5.52. The number of nitrogens with one attached hydrogen (secondary N) is 1. The van der Waals surface area contributed by atoms with Gasteiger partial charge in [0.2, 0.25) is 0 Å². The van der Waals surface area contributed by atoms with Gasteiger partial charge in [-0.05, 0) is 30.0 Å². The van der Waals surface area contributed by atoms with Crippen LogP contribution in [0.4, 0.5) is 4.79 Å². The molecule has 98 valence electrons. The Morgan fingerprint density at radius 1 is 1.16 bits per heavy atom. The van der Waals surface area contributed by atoms with Crippen LogP contribution < -0.4 is 5.32 Å². The lowest BCUT2D eigenvalue weighted by Crippen LogP contribution is -2.52. The van der Waals surface area contributed by atoms with E-state index in [0.29, 0.717) is 0 Å². The third-order valence-electron chi connectivity index (χ3n) is 2.73. The third kappa shape index (κ3) is 2.68. The first-order chi connectivity index (χ1) is 9.02. The minimum Gasteiger partial charge on any atom is -0.273 e. The SMILES string of the molecule is CSc1ccc(C=C2C(=O)NC(=O)N(C)C2=O)cc1. The molecule has 0 atom stereocenters. The van der Waals surface area contributed by atoms with E-state index < -0.39 is 17.8 Å². The molecule has 1 aliphatic heterocycles. The van der Waals surface area contributed by atoms with Crippen molar-refractivity contribution in [3.63, 3.8) is 0 Å². The maximum absolute atomic E-state index is 11.8. The van der Waals surface area contributed by atoms with Gasteiger partial charge in [0.05, 0.1) is 0 Å². The molecular formula is C13H12N2O3S. The Labute approximate surface area is 114 Å². The number of carbonyl (C=O) groups is 3. The molecule has 19 heavy (non-hydrogen) atoms. The van der Waals surface area contributed by atoms with Crippen molar-refractivity contribution in [1.82, 2.24) is 10.2 Å². The molecular weight excluding hydrogens is 264 g/mol. The van der Waals surface area contributed by atoms with E-state index in [9.17, 15) is 14.4 Å². The zero-order chi connectivity index (χ0) is 14.0. The molecule has 1 heterocycles. The first kappa shape index (κ1) is 13.4. The van der Waals surface area contributed by atoms with E-state index in [1.54, 1.807) is 11.8 Å². The molecule has 0 radical (unpaired) electrons. The minimum atomic E-state index is -0.704. The normalized spacial score (nSPS) is 17.9. The summed E-state index contributed by atoms with van der Waals surface area (Å²) in [5, 5.41) is 2.11. The quantitative estimate of drug-likeness (QED) is 0.505. The van der Waals surface area contributed by atoms with Gasteiger partial charge in [0.15, 0.2) is 0 Å². The Morgan fingerprint density at radius 3 is 2.37 bits per heavy atom. The molecule has 1 aromatic carbocycles. The number of hydrogen-bond acceptors (Lipinski definition) is 4. The van der Waals surface area contributed by atoms with Gasteiger partial charge in [-0.15, -0.1) is 11.8 Å². The van der Waals surface area contributed by atoms with Crippen molar-refractivity contribution < 1.29 is 14.4 Å². The van der Waals surface area contributed by atoms with Gasteiger partial charge in [0.25, 0.3) is 11.8 Å². The first-order valence-corrected chi connectivity index (χ1v) is 6.74. The van der Waals surface area contributed by atoms with E-state index in [4.69, 9.17) is 0 Å². The molecule has 0 unspecified atom stereocenters. The average Bonchev–Trinajstić information content (AvgIpc) is 2.42. The van der Waals surface area contributed by atoms with Gasteiger partial charge >= 0.3 is 6.03 Å². The lowest BCUT2D eigenvalue weighted by molar-refractivity contribution is -0.129. The smallest absolute Gasteiger partial charge is 0.273 e. The van der Waals surface area contributed by atoms with E-state index in [1.807, 2.05) is 30.5 Å². The number of hydrogen-bond donors (Lipinski definition) is 1. The van der Waals surface area contributed by atoms with E-state index in [1.165, 1.54) is 13.1 Å². The number of imide groups is 2. The van der Waals surface area contributed by atoms with Gasteiger partial charge < -0.3 is 0 Å². The van der Waals surface area contributed by atoms with Crippen LogP contribution in [0.3, 0.4) is 0 Å². The maximum Gasteiger partial charge on any atom is 0.331 e. The third-order valence-corrected chi connectivity index (χ3v) is 3.48. The number of carbonyl (C=O) groups excluding carboxylic acids is 3. The molecule has 1 aliphatic rings. The number of urea groups is 1. The fourth-order valence-corrected chi connectivity index (χ4v) is 2.02. The average molecular weight is 276 g/mol. The second-order valence-corrected chi connectivity index (χ2v) is 4.83. The summed E-state index contributed by atoms with van der Waals surface area (Å²) >= 11 is 1.61. The van der Waals surface area contributed by atoms with Gasteiger partial charge in [-0.3, -0.25) is 19.8 Å². The molecule has 2 rings (SSSR count). The fourth-order valence-electron chi connectivity index (χ4n) is 1.61. The number of rotatable bonds is 2. The van der Waals surface area contributed by atoms with E-state index in [2.05, 4.69) is 5.32 Å². The van der Waals surface area contributed by atoms with Crippen LogP contribution in [-0.4, -0.2) is 36.0 Å². The van der Waals surface area contributed by atoms with Crippen molar-refractivity contribution in [2.24, 2.45) is 0 Å². The van der Waals surface area contributed by atoms with Crippen molar-refractivity contribution in [3.05, 3.63) is 35.4 Å². The Hall–Kier alpha value is -2.08. The zero-order valence-electron chi connectivity index (χ0n) is 10.5. The monoisotopic (exact) mass is 276 g/mol. The highest BCUT2D eigenvalue weighted by atomic mass is 32.2.